The normalized spacial score (nSPS) is 10.4. The lowest BCUT2D eigenvalue weighted by Crippen LogP contribution is -2.04. The average Bonchev–Trinajstić information content (AvgIpc) is 2.54. The topological polar surface area (TPSA) is 48.7 Å². The average molecular weight is 291 g/mol. The van der Waals surface area contributed by atoms with E-state index in [0.29, 0.717) is 34.4 Å². The number of hydrogen-bond acceptors (Lipinski definition) is 3. The minimum atomic E-state index is -0.343. The standard InChI is InChI=1S/C18H14FN3/c1-12-17(10-20)15-8-7-14(19)9-16(15)18(22-12)21-11-13-5-3-2-4-6-13/h2-9H,11H2,1H3,(H,21,22). The van der Waals surface area contributed by atoms with Gasteiger partial charge in [0.05, 0.1) is 11.3 Å². The third kappa shape index (κ3) is 2.61. The fourth-order valence-corrected chi connectivity index (χ4v) is 2.47. The molecule has 3 rings (SSSR count). The molecule has 22 heavy (non-hydrogen) atoms. The summed E-state index contributed by atoms with van der Waals surface area (Å²) in [4.78, 5) is 4.43. The number of nitriles is 1. The van der Waals surface area contributed by atoms with Crippen LogP contribution in [0.4, 0.5) is 10.2 Å². The highest BCUT2D eigenvalue weighted by atomic mass is 19.1. The Morgan fingerprint density at radius 2 is 1.91 bits per heavy atom. The highest BCUT2D eigenvalue weighted by Crippen LogP contribution is 2.27. The van der Waals surface area contributed by atoms with Gasteiger partial charge < -0.3 is 5.32 Å². The van der Waals surface area contributed by atoms with Crippen LogP contribution in [-0.4, -0.2) is 4.98 Å². The van der Waals surface area contributed by atoms with Gasteiger partial charge in [0.25, 0.3) is 0 Å². The summed E-state index contributed by atoms with van der Waals surface area (Å²) in [5.74, 6) is 0.250. The van der Waals surface area contributed by atoms with Gasteiger partial charge in [0.2, 0.25) is 0 Å². The van der Waals surface area contributed by atoms with Crippen LogP contribution in [0.15, 0.2) is 48.5 Å². The Hall–Kier alpha value is -2.93. The van der Waals surface area contributed by atoms with Crippen molar-refractivity contribution in [3.63, 3.8) is 0 Å². The fourth-order valence-electron chi connectivity index (χ4n) is 2.47. The summed E-state index contributed by atoms with van der Waals surface area (Å²) in [5.41, 5.74) is 2.23. The molecule has 0 radical (unpaired) electrons. The summed E-state index contributed by atoms with van der Waals surface area (Å²) >= 11 is 0. The summed E-state index contributed by atoms with van der Waals surface area (Å²) in [6.07, 6.45) is 0. The second-order valence-corrected chi connectivity index (χ2v) is 5.06. The Morgan fingerprint density at radius 1 is 1.14 bits per heavy atom. The highest BCUT2D eigenvalue weighted by molar-refractivity contribution is 5.96. The number of nitrogens with zero attached hydrogens (tertiary/aromatic N) is 2. The zero-order chi connectivity index (χ0) is 15.5. The van der Waals surface area contributed by atoms with Crippen LogP contribution in [0.5, 0.6) is 0 Å². The van der Waals surface area contributed by atoms with Crippen molar-refractivity contribution in [3.05, 3.63) is 71.2 Å². The molecule has 1 N–H and O–H groups in total. The first-order valence-electron chi connectivity index (χ1n) is 6.97. The number of halogens is 1. The Morgan fingerprint density at radius 3 is 2.64 bits per heavy atom. The van der Waals surface area contributed by atoms with Gasteiger partial charge in [-0.1, -0.05) is 30.3 Å². The summed E-state index contributed by atoms with van der Waals surface area (Å²) in [6.45, 7) is 2.37. The molecule has 0 spiro atoms. The van der Waals surface area contributed by atoms with Gasteiger partial charge in [-0.25, -0.2) is 9.37 Å². The number of hydrogen-bond donors (Lipinski definition) is 1. The van der Waals surface area contributed by atoms with Gasteiger partial charge in [-0.2, -0.15) is 5.26 Å². The molecule has 2 aromatic carbocycles. The Balaban J connectivity index is 2.06. The van der Waals surface area contributed by atoms with Crippen molar-refractivity contribution < 1.29 is 4.39 Å². The molecular weight excluding hydrogens is 277 g/mol. The van der Waals surface area contributed by atoms with Gasteiger partial charge in [-0.05, 0) is 30.7 Å². The minimum absolute atomic E-state index is 0.343. The van der Waals surface area contributed by atoms with Crippen molar-refractivity contribution >= 4 is 16.6 Å². The molecule has 0 bridgehead atoms. The Labute approximate surface area is 128 Å². The predicted molar refractivity (Wildman–Crippen MR) is 84.9 cm³/mol. The first kappa shape index (κ1) is 14.0. The molecule has 0 aliphatic rings. The molecular formula is C18H14FN3. The Kier molecular flexibility index (Phi) is 3.71. The maximum Gasteiger partial charge on any atom is 0.134 e. The van der Waals surface area contributed by atoms with Gasteiger partial charge in [0.1, 0.15) is 17.7 Å². The number of pyridine rings is 1. The first-order chi connectivity index (χ1) is 10.7. The smallest absolute Gasteiger partial charge is 0.134 e. The first-order valence-corrected chi connectivity index (χ1v) is 6.97. The van der Waals surface area contributed by atoms with E-state index in [1.54, 1.807) is 13.0 Å². The Bertz CT molecular complexity index is 867. The van der Waals surface area contributed by atoms with Gasteiger partial charge in [0.15, 0.2) is 0 Å². The monoisotopic (exact) mass is 291 g/mol. The SMILES string of the molecule is Cc1nc(NCc2ccccc2)c2cc(F)ccc2c1C#N. The van der Waals surface area contributed by atoms with Crippen LogP contribution in [0.25, 0.3) is 10.8 Å². The van der Waals surface area contributed by atoms with E-state index in [9.17, 15) is 9.65 Å². The number of anilines is 1. The molecule has 0 aliphatic carbocycles. The second-order valence-electron chi connectivity index (χ2n) is 5.06. The maximum atomic E-state index is 13.6. The molecule has 0 aliphatic heterocycles. The molecule has 4 heteroatoms. The number of aryl methyl sites for hydroxylation is 1. The zero-order valence-corrected chi connectivity index (χ0v) is 12.1. The zero-order valence-electron chi connectivity index (χ0n) is 12.1. The van der Waals surface area contributed by atoms with Crippen LogP contribution in [0.3, 0.4) is 0 Å². The lowest BCUT2D eigenvalue weighted by molar-refractivity contribution is 0.629. The summed E-state index contributed by atoms with van der Waals surface area (Å²) in [5, 5.41) is 13.9. The van der Waals surface area contributed by atoms with Crippen molar-refractivity contribution in [1.29, 1.82) is 5.26 Å². The summed E-state index contributed by atoms with van der Waals surface area (Å²) in [6, 6.07) is 16.5. The van der Waals surface area contributed by atoms with Crippen molar-refractivity contribution in [2.24, 2.45) is 0 Å². The van der Waals surface area contributed by atoms with Crippen molar-refractivity contribution in [2.75, 3.05) is 5.32 Å². The molecule has 108 valence electrons. The number of nitrogens with one attached hydrogen (secondary N) is 1. The van der Waals surface area contributed by atoms with E-state index in [1.807, 2.05) is 30.3 Å². The molecule has 0 atom stereocenters. The van der Waals surface area contributed by atoms with Crippen molar-refractivity contribution in [1.82, 2.24) is 4.98 Å². The molecule has 3 nitrogen and oxygen atoms in total. The fraction of sp³-hybridized carbons (Fsp3) is 0.111. The van der Waals surface area contributed by atoms with Crippen molar-refractivity contribution in [3.8, 4) is 6.07 Å². The van der Waals surface area contributed by atoms with Crippen LogP contribution in [-0.2, 0) is 6.54 Å². The number of aromatic nitrogens is 1. The number of rotatable bonds is 3. The van der Waals surface area contributed by atoms with Gasteiger partial charge in [-0.3, -0.25) is 0 Å². The molecule has 0 saturated carbocycles. The number of fused-ring (bicyclic) bond motifs is 1. The largest absolute Gasteiger partial charge is 0.365 e. The molecule has 0 amide bonds. The maximum absolute atomic E-state index is 13.6. The van der Waals surface area contributed by atoms with Crippen LogP contribution < -0.4 is 5.32 Å². The lowest BCUT2D eigenvalue weighted by Gasteiger charge is -2.12. The molecule has 3 aromatic rings. The molecule has 0 unspecified atom stereocenters. The second kappa shape index (κ2) is 5.82. The highest BCUT2D eigenvalue weighted by Gasteiger charge is 2.12. The predicted octanol–water partition coefficient (Wildman–Crippen LogP) is 4.17. The van der Waals surface area contributed by atoms with Gasteiger partial charge in [0, 0.05) is 17.3 Å². The molecule has 1 heterocycles. The van der Waals surface area contributed by atoms with E-state index in [1.165, 1.54) is 12.1 Å². The molecule has 1 aromatic heterocycles. The van der Waals surface area contributed by atoms with E-state index < -0.39 is 0 Å². The summed E-state index contributed by atoms with van der Waals surface area (Å²) in [7, 11) is 0. The summed E-state index contributed by atoms with van der Waals surface area (Å²) < 4.78 is 13.6. The van der Waals surface area contributed by atoms with Crippen LogP contribution in [0.2, 0.25) is 0 Å². The van der Waals surface area contributed by atoms with E-state index >= 15 is 0 Å². The van der Waals surface area contributed by atoms with Crippen LogP contribution in [0.1, 0.15) is 16.8 Å². The molecule has 0 saturated heterocycles. The third-order valence-electron chi connectivity index (χ3n) is 3.56. The van der Waals surface area contributed by atoms with E-state index in [2.05, 4.69) is 16.4 Å². The van der Waals surface area contributed by atoms with Gasteiger partial charge in [-0.15, -0.1) is 0 Å². The van der Waals surface area contributed by atoms with Gasteiger partial charge >= 0.3 is 0 Å². The van der Waals surface area contributed by atoms with E-state index in [-0.39, 0.29) is 5.82 Å². The third-order valence-corrected chi connectivity index (χ3v) is 3.56. The lowest BCUT2D eigenvalue weighted by atomic mass is 10.0. The molecule has 0 fully saturated rings. The van der Waals surface area contributed by atoms with E-state index in [4.69, 9.17) is 0 Å². The minimum Gasteiger partial charge on any atom is -0.365 e. The van der Waals surface area contributed by atoms with Crippen LogP contribution >= 0.6 is 0 Å². The number of benzene rings is 2. The van der Waals surface area contributed by atoms with Crippen LogP contribution in [0, 0.1) is 24.1 Å². The quantitative estimate of drug-likeness (QED) is 0.788. The van der Waals surface area contributed by atoms with Crippen molar-refractivity contribution in [2.45, 2.75) is 13.5 Å². The van der Waals surface area contributed by atoms with E-state index in [0.717, 1.165) is 5.56 Å².